The second-order valence-electron chi connectivity index (χ2n) is 5.89. The highest BCUT2D eigenvalue weighted by atomic mass is 32.1. The SMILES string of the molecule is CN=C(NCCc1nc(C(F)(F)F)cs1)N(C)Cc1ccc2c(c1)OCO2. The Morgan fingerprint density at radius 3 is 2.81 bits per heavy atom. The Bertz CT molecular complexity index is 823. The molecule has 0 fully saturated rings. The number of aliphatic imine (C=N–C) groups is 1. The number of fused-ring (bicyclic) bond motifs is 1. The molecule has 0 aliphatic carbocycles. The minimum Gasteiger partial charge on any atom is -0.454 e. The molecular weight excluding hydrogens is 381 g/mol. The number of ether oxygens (including phenoxy) is 2. The molecule has 0 saturated heterocycles. The molecule has 10 heteroatoms. The smallest absolute Gasteiger partial charge is 0.434 e. The fourth-order valence-electron chi connectivity index (χ4n) is 2.61. The second-order valence-corrected chi connectivity index (χ2v) is 6.83. The van der Waals surface area contributed by atoms with E-state index < -0.39 is 11.9 Å². The molecule has 1 aromatic carbocycles. The van der Waals surface area contributed by atoms with Gasteiger partial charge in [-0.3, -0.25) is 4.99 Å². The van der Waals surface area contributed by atoms with Crippen LogP contribution in [0.1, 0.15) is 16.3 Å². The Labute approximate surface area is 158 Å². The molecule has 0 bridgehead atoms. The summed E-state index contributed by atoms with van der Waals surface area (Å²) in [6, 6.07) is 5.73. The van der Waals surface area contributed by atoms with E-state index >= 15 is 0 Å². The predicted molar refractivity (Wildman–Crippen MR) is 96.2 cm³/mol. The Hall–Kier alpha value is -2.49. The quantitative estimate of drug-likeness (QED) is 0.617. The van der Waals surface area contributed by atoms with Gasteiger partial charge in [-0.15, -0.1) is 11.3 Å². The summed E-state index contributed by atoms with van der Waals surface area (Å²) in [6.07, 6.45) is -4.01. The van der Waals surface area contributed by atoms with E-state index in [0.29, 0.717) is 36.2 Å². The van der Waals surface area contributed by atoms with Crippen molar-refractivity contribution in [3.8, 4) is 11.5 Å². The molecule has 0 radical (unpaired) electrons. The van der Waals surface area contributed by atoms with Crippen LogP contribution >= 0.6 is 11.3 Å². The first-order valence-corrected chi connectivity index (χ1v) is 9.06. The molecule has 1 aliphatic rings. The summed E-state index contributed by atoms with van der Waals surface area (Å²) in [4.78, 5) is 9.75. The van der Waals surface area contributed by atoms with Crippen LogP contribution in [-0.4, -0.2) is 43.3 Å². The first-order chi connectivity index (χ1) is 12.9. The maximum Gasteiger partial charge on any atom is 0.434 e. The minimum atomic E-state index is -4.40. The lowest BCUT2D eigenvalue weighted by Crippen LogP contribution is -2.39. The summed E-state index contributed by atoms with van der Waals surface area (Å²) < 4.78 is 48.4. The van der Waals surface area contributed by atoms with Gasteiger partial charge in [0.15, 0.2) is 23.2 Å². The highest BCUT2D eigenvalue weighted by molar-refractivity contribution is 7.09. The van der Waals surface area contributed by atoms with Gasteiger partial charge in [0, 0.05) is 39.0 Å². The van der Waals surface area contributed by atoms with Gasteiger partial charge in [0.25, 0.3) is 0 Å². The largest absolute Gasteiger partial charge is 0.454 e. The van der Waals surface area contributed by atoms with E-state index in [-0.39, 0.29) is 6.79 Å². The highest BCUT2D eigenvalue weighted by Gasteiger charge is 2.33. The summed E-state index contributed by atoms with van der Waals surface area (Å²) in [7, 11) is 3.54. The molecule has 0 saturated carbocycles. The van der Waals surface area contributed by atoms with E-state index in [4.69, 9.17) is 9.47 Å². The van der Waals surface area contributed by atoms with Crippen LogP contribution < -0.4 is 14.8 Å². The standard InChI is InChI=1S/C17H19F3N4O2S/c1-21-16(22-6-5-15-23-14(9-27-15)17(18,19)20)24(2)8-11-3-4-12-13(7-11)26-10-25-12/h3-4,7,9H,5-6,8,10H2,1-2H3,(H,21,22). The van der Waals surface area contributed by atoms with Crippen LogP contribution in [0.25, 0.3) is 0 Å². The molecule has 1 aliphatic heterocycles. The van der Waals surface area contributed by atoms with E-state index in [9.17, 15) is 13.2 Å². The van der Waals surface area contributed by atoms with Crippen molar-refractivity contribution in [2.75, 3.05) is 27.4 Å². The van der Waals surface area contributed by atoms with Gasteiger partial charge in [0.2, 0.25) is 6.79 Å². The first kappa shape index (κ1) is 19.3. The van der Waals surface area contributed by atoms with Gasteiger partial charge < -0.3 is 19.7 Å². The normalized spacial score (nSPS) is 13.7. The number of aromatic nitrogens is 1. The fraction of sp³-hybridized carbons (Fsp3) is 0.412. The third-order valence-corrected chi connectivity index (χ3v) is 4.80. The zero-order chi connectivity index (χ0) is 19.4. The number of nitrogens with one attached hydrogen (secondary N) is 1. The third kappa shape index (κ3) is 4.82. The Balaban J connectivity index is 1.52. The van der Waals surface area contributed by atoms with Crippen molar-refractivity contribution in [3.63, 3.8) is 0 Å². The van der Waals surface area contributed by atoms with E-state index in [1.165, 1.54) is 0 Å². The summed E-state index contributed by atoms with van der Waals surface area (Å²) in [5.74, 6) is 2.08. The Kier molecular flexibility index (Phi) is 5.73. The van der Waals surface area contributed by atoms with Crippen molar-refractivity contribution in [2.45, 2.75) is 19.1 Å². The van der Waals surface area contributed by atoms with E-state index in [0.717, 1.165) is 28.0 Å². The van der Waals surface area contributed by atoms with Crippen LogP contribution in [-0.2, 0) is 19.1 Å². The number of alkyl halides is 3. The number of benzene rings is 1. The number of halogens is 3. The molecule has 6 nitrogen and oxygen atoms in total. The van der Waals surface area contributed by atoms with Gasteiger partial charge in [-0.2, -0.15) is 13.2 Å². The van der Waals surface area contributed by atoms with Crippen molar-refractivity contribution in [1.82, 2.24) is 15.2 Å². The average molecular weight is 400 g/mol. The summed E-state index contributed by atoms with van der Waals surface area (Å²) in [6.45, 7) is 1.25. The average Bonchev–Trinajstić information content (AvgIpc) is 3.27. The fourth-order valence-corrected chi connectivity index (χ4v) is 3.41. The number of thiazole rings is 1. The number of nitrogens with zero attached hydrogens (tertiary/aromatic N) is 3. The van der Waals surface area contributed by atoms with Crippen LogP contribution in [0.15, 0.2) is 28.6 Å². The van der Waals surface area contributed by atoms with E-state index in [1.54, 1.807) is 7.05 Å². The van der Waals surface area contributed by atoms with Crippen LogP contribution in [0, 0.1) is 0 Å². The maximum atomic E-state index is 12.6. The van der Waals surface area contributed by atoms with Crippen LogP contribution in [0.5, 0.6) is 11.5 Å². The van der Waals surface area contributed by atoms with E-state index in [1.807, 2.05) is 30.1 Å². The van der Waals surface area contributed by atoms with Gasteiger partial charge in [-0.25, -0.2) is 4.98 Å². The topological polar surface area (TPSA) is 59.0 Å². The summed E-state index contributed by atoms with van der Waals surface area (Å²) in [5, 5.41) is 4.62. The Morgan fingerprint density at radius 1 is 1.33 bits per heavy atom. The molecule has 0 unspecified atom stereocenters. The Morgan fingerprint density at radius 2 is 2.11 bits per heavy atom. The molecule has 27 heavy (non-hydrogen) atoms. The summed E-state index contributed by atoms with van der Waals surface area (Å²) >= 11 is 1.01. The maximum absolute atomic E-state index is 12.6. The van der Waals surface area contributed by atoms with Crippen molar-refractivity contribution in [3.05, 3.63) is 39.8 Å². The lowest BCUT2D eigenvalue weighted by molar-refractivity contribution is -0.140. The monoisotopic (exact) mass is 400 g/mol. The molecule has 0 atom stereocenters. The van der Waals surface area contributed by atoms with Gasteiger partial charge in [-0.1, -0.05) is 6.07 Å². The van der Waals surface area contributed by atoms with Crippen molar-refractivity contribution in [2.24, 2.45) is 4.99 Å². The summed E-state index contributed by atoms with van der Waals surface area (Å²) in [5.41, 5.74) is 0.186. The van der Waals surface area contributed by atoms with Gasteiger partial charge in [0.1, 0.15) is 0 Å². The predicted octanol–water partition coefficient (Wildman–Crippen LogP) is 3.14. The third-order valence-electron chi connectivity index (χ3n) is 3.89. The molecule has 1 aromatic heterocycles. The van der Waals surface area contributed by atoms with Gasteiger partial charge >= 0.3 is 6.18 Å². The molecule has 146 valence electrons. The second kappa shape index (κ2) is 8.03. The van der Waals surface area contributed by atoms with E-state index in [2.05, 4.69) is 15.3 Å². The van der Waals surface area contributed by atoms with Crippen LogP contribution in [0.4, 0.5) is 13.2 Å². The molecule has 0 spiro atoms. The number of hydrogen-bond acceptors (Lipinski definition) is 5. The number of guanidine groups is 1. The molecule has 2 aromatic rings. The van der Waals surface area contributed by atoms with Gasteiger partial charge in [0.05, 0.1) is 5.01 Å². The van der Waals surface area contributed by atoms with Crippen molar-refractivity contribution < 1.29 is 22.6 Å². The molecule has 2 heterocycles. The lowest BCUT2D eigenvalue weighted by Gasteiger charge is -2.22. The molecular formula is C17H19F3N4O2S. The zero-order valence-electron chi connectivity index (χ0n) is 14.8. The van der Waals surface area contributed by atoms with Crippen LogP contribution in [0.2, 0.25) is 0 Å². The van der Waals surface area contributed by atoms with Gasteiger partial charge in [-0.05, 0) is 17.7 Å². The minimum absolute atomic E-state index is 0.227. The highest BCUT2D eigenvalue weighted by Crippen LogP contribution is 2.33. The van der Waals surface area contributed by atoms with Crippen LogP contribution in [0.3, 0.4) is 0 Å². The lowest BCUT2D eigenvalue weighted by atomic mass is 10.2. The number of rotatable bonds is 5. The zero-order valence-corrected chi connectivity index (χ0v) is 15.7. The number of hydrogen-bond donors (Lipinski definition) is 1. The molecule has 0 amide bonds. The van der Waals surface area contributed by atoms with Crippen molar-refractivity contribution in [1.29, 1.82) is 0 Å². The first-order valence-electron chi connectivity index (χ1n) is 8.18. The molecule has 3 rings (SSSR count). The van der Waals surface area contributed by atoms with Crippen molar-refractivity contribution >= 4 is 17.3 Å². The molecule has 1 N–H and O–H groups in total.